The maximum absolute atomic E-state index is 14.0. The smallest absolute Gasteiger partial charge is 0.130 e. The van der Waals surface area contributed by atoms with Gasteiger partial charge in [0.1, 0.15) is 11.9 Å². The van der Waals surface area contributed by atoms with Gasteiger partial charge in [0.25, 0.3) is 0 Å². The highest BCUT2D eigenvalue weighted by Crippen LogP contribution is 2.47. The van der Waals surface area contributed by atoms with E-state index >= 15 is 0 Å². The van der Waals surface area contributed by atoms with Crippen molar-refractivity contribution in [2.75, 3.05) is 7.11 Å². The van der Waals surface area contributed by atoms with Crippen LogP contribution in [0.1, 0.15) is 51.2 Å². The number of aliphatic hydroxyl groups excluding tert-OH is 1. The molecule has 0 bridgehead atoms. The molecule has 0 heterocycles. The van der Waals surface area contributed by atoms with Crippen molar-refractivity contribution in [1.29, 1.82) is 0 Å². The van der Waals surface area contributed by atoms with Gasteiger partial charge in [0, 0.05) is 17.7 Å². The lowest BCUT2D eigenvalue weighted by Crippen LogP contribution is -2.44. The van der Waals surface area contributed by atoms with Crippen LogP contribution in [0.4, 0.5) is 4.39 Å². The Bertz CT molecular complexity index is 477. The second kappa shape index (κ2) is 5.63. The number of aliphatic hydroxyl groups is 1. The fraction of sp³-hybridized carbons (Fsp3) is 0.625. The van der Waals surface area contributed by atoms with Crippen molar-refractivity contribution in [3.05, 3.63) is 34.6 Å². The lowest BCUT2D eigenvalue weighted by atomic mass is 9.68. The molecular formula is C16H22ClFO2. The molecule has 0 amide bonds. The third-order valence-electron chi connectivity index (χ3n) is 4.61. The Morgan fingerprint density at radius 2 is 1.85 bits per heavy atom. The van der Waals surface area contributed by atoms with Crippen LogP contribution in [-0.4, -0.2) is 17.8 Å². The zero-order chi connectivity index (χ0) is 15.0. The normalized spacial score (nSPS) is 22.5. The summed E-state index contributed by atoms with van der Waals surface area (Å²) in [6.07, 6.45) is 2.38. The minimum absolute atomic E-state index is 0.250. The minimum Gasteiger partial charge on any atom is -0.385 e. The lowest BCUT2D eigenvalue weighted by molar-refractivity contribution is -0.139. The Balaban J connectivity index is 2.27. The first-order valence-corrected chi connectivity index (χ1v) is 7.36. The van der Waals surface area contributed by atoms with E-state index in [1.165, 1.54) is 6.07 Å². The summed E-state index contributed by atoms with van der Waals surface area (Å²) < 4.78 is 19.6. The van der Waals surface area contributed by atoms with Crippen molar-refractivity contribution in [1.82, 2.24) is 0 Å². The molecule has 1 aliphatic carbocycles. The van der Waals surface area contributed by atoms with Crippen LogP contribution in [0, 0.1) is 11.2 Å². The molecule has 20 heavy (non-hydrogen) atoms. The highest BCUT2D eigenvalue weighted by molar-refractivity contribution is 6.30. The first-order chi connectivity index (χ1) is 9.30. The predicted octanol–water partition coefficient (Wildman–Crippen LogP) is 4.50. The van der Waals surface area contributed by atoms with Crippen molar-refractivity contribution in [2.45, 2.75) is 51.2 Å². The molecule has 1 unspecified atom stereocenters. The fourth-order valence-electron chi connectivity index (χ4n) is 2.95. The maximum atomic E-state index is 14.0. The molecule has 1 saturated carbocycles. The number of halogens is 2. The Labute approximate surface area is 124 Å². The van der Waals surface area contributed by atoms with E-state index in [1.54, 1.807) is 19.2 Å². The van der Waals surface area contributed by atoms with Crippen molar-refractivity contribution < 1.29 is 14.2 Å². The quantitative estimate of drug-likeness (QED) is 0.890. The molecule has 4 heteroatoms. The van der Waals surface area contributed by atoms with E-state index in [-0.39, 0.29) is 11.0 Å². The lowest BCUT2D eigenvalue weighted by Gasteiger charge is -2.45. The van der Waals surface area contributed by atoms with Crippen LogP contribution >= 0.6 is 11.6 Å². The molecule has 0 spiro atoms. The molecule has 1 N–H and O–H groups in total. The van der Waals surface area contributed by atoms with Crippen molar-refractivity contribution in [3.63, 3.8) is 0 Å². The van der Waals surface area contributed by atoms with Crippen LogP contribution in [0.5, 0.6) is 0 Å². The van der Waals surface area contributed by atoms with Gasteiger partial charge >= 0.3 is 0 Å². The Kier molecular flexibility index (Phi) is 4.43. The Morgan fingerprint density at radius 3 is 2.35 bits per heavy atom. The summed E-state index contributed by atoms with van der Waals surface area (Å²) in [7, 11) is 1.59. The molecule has 2 rings (SSSR count). The van der Waals surface area contributed by atoms with E-state index < -0.39 is 17.5 Å². The molecule has 0 aromatic heterocycles. The first kappa shape index (κ1) is 15.7. The molecule has 2 nitrogen and oxygen atoms in total. The summed E-state index contributed by atoms with van der Waals surface area (Å²) >= 11 is 5.76. The molecule has 1 atom stereocenters. The maximum Gasteiger partial charge on any atom is 0.130 e. The van der Waals surface area contributed by atoms with Crippen LogP contribution < -0.4 is 0 Å². The van der Waals surface area contributed by atoms with E-state index in [4.69, 9.17) is 16.3 Å². The van der Waals surface area contributed by atoms with Gasteiger partial charge in [-0.25, -0.2) is 4.39 Å². The summed E-state index contributed by atoms with van der Waals surface area (Å²) in [4.78, 5) is 0. The largest absolute Gasteiger partial charge is 0.385 e. The zero-order valence-corrected chi connectivity index (χ0v) is 13.0. The monoisotopic (exact) mass is 300 g/mol. The molecule has 1 fully saturated rings. The number of hydrogen-bond donors (Lipinski definition) is 1. The van der Waals surface area contributed by atoms with Crippen molar-refractivity contribution >= 4 is 11.6 Å². The second-order valence-corrected chi connectivity index (χ2v) is 6.94. The van der Waals surface area contributed by atoms with Gasteiger partial charge in [-0.2, -0.15) is 0 Å². The minimum atomic E-state index is -0.971. The van der Waals surface area contributed by atoms with Gasteiger partial charge < -0.3 is 9.84 Å². The average molecular weight is 301 g/mol. The standard InChI is InChI=1S/C16H22ClFO2/c1-15(2)6-8-16(20-3,9-7-15)14(19)12-5-4-11(17)10-13(12)18/h4-5,10,14,19H,6-9H2,1-3H3. The van der Waals surface area contributed by atoms with Crippen LogP contribution in [0.25, 0.3) is 0 Å². The van der Waals surface area contributed by atoms with E-state index in [9.17, 15) is 9.50 Å². The van der Waals surface area contributed by atoms with Gasteiger partial charge in [-0.3, -0.25) is 0 Å². The summed E-state index contributed by atoms with van der Waals surface area (Å²) in [5.74, 6) is -0.480. The molecule has 0 radical (unpaired) electrons. The molecule has 0 aliphatic heterocycles. The first-order valence-electron chi connectivity index (χ1n) is 6.98. The van der Waals surface area contributed by atoms with E-state index in [2.05, 4.69) is 13.8 Å². The summed E-state index contributed by atoms with van der Waals surface area (Å²) in [6.45, 7) is 4.42. The second-order valence-electron chi connectivity index (χ2n) is 6.50. The summed E-state index contributed by atoms with van der Waals surface area (Å²) in [5, 5.41) is 11.0. The third kappa shape index (κ3) is 3.00. The van der Waals surface area contributed by atoms with Gasteiger partial charge in [0.2, 0.25) is 0 Å². The molecule has 1 aliphatic rings. The topological polar surface area (TPSA) is 29.5 Å². The van der Waals surface area contributed by atoms with Crippen LogP contribution in [0.2, 0.25) is 5.02 Å². The summed E-state index contributed by atoms with van der Waals surface area (Å²) in [6, 6.07) is 4.37. The number of rotatable bonds is 3. The van der Waals surface area contributed by atoms with Gasteiger partial charge in [0.05, 0.1) is 5.60 Å². The fourth-order valence-corrected chi connectivity index (χ4v) is 3.10. The number of methoxy groups -OCH3 is 1. The van der Waals surface area contributed by atoms with Gasteiger partial charge in [-0.1, -0.05) is 31.5 Å². The van der Waals surface area contributed by atoms with Gasteiger partial charge in [-0.05, 0) is 43.2 Å². The third-order valence-corrected chi connectivity index (χ3v) is 4.85. The highest BCUT2D eigenvalue weighted by atomic mass is 35.5. The van der Waals surface area contributed by atoms with Crippen LogP contribution in [0.3, 0.4) is 0 Å². The van der Waals surface area contributed by atoms with E-state index in [0.717, 1.165) is 25.7 Å². The molecule has 1 aromatic rings. The highest BCUT2D eigenvalue weighted by Gasteiger charge is 2.45. The predicted molar refractivity (Wildman–Crippen MR) is 78.4 cm³/mol. The zero-order valence-electron chi connectivity index (χ0n) is 12.2. The van der Waals surface area contributed by atoms with Crippen molar-refractivity contribution in [3.8, 4) is 0 Å². The van der Waals surface area contributed by atoms with E-state index in [0.29, 0.717) is 5.02 Å². The molecular weight excluding hydrogens is 279 g/mol. The molecule has 112 valence electrons. The van der Waals surface area contributed by atoms with Crippen LogP contribution in [-0.2, 0) is 4.74 Å². The Morgan fingerprint density at radius 1 is 1.25 bits per heavy atom. The van der Waals surface area contributed by atoms with E-state index in [1.807, 2.05) is 0 Å². The van der Waals surface area contributed by atoms with Gasteiger partial charge in [0.15, 0.2) is 0 Å². The SMILES string of the molecule is COC1(C(O)c2ccc(Cl)cc2F)CCC(C)(C)CC1. The number of hydrogen-bond acceptors (Lipinski definition) is 2. The molecule has 1 aromatic carbocycles. The summed E-state index contributed by atoms with van der Waals surface area (Å²) in [5.41, 5.74) is -0.194. The van der Waals surface area contributed by atoms with Crippen LogP contribution in [0.15, 0.2) is 18.2 Å². The Hall–Kier alpha value is -0.640. The number of benzene rings is 1. The average Bonchev–Trinajstić information content (AvgIpc) is 2.39. The molecule has 0 saturated heterocycles. The van der Waals surface area contributed by atoms with Crippen molar-refractivity contribution in [2.24, 2.45) is 5.41 Å². The van der Waals surface area contributed by atoms with Gasteiger partial charge in [-0.15, -0.1) is 0 Å². The number of ether oxygens (including phenoxy) is 1.